The molecule has 1 aromatic heterocycles. The van der Waals surface area contributed by atoms with Gasteiger partial charge in [0, 0.05) is 24.3 Å². The molecule has 1 aliphatic rings. The Morgan fingerprint density at radius 1 is 1.18 bits per heavy atom. The lowest BCUT2D eigenvalue weighted by Gasteiger charge is -2.22. The number of hydrogen-bond donors (Lipinski definition) is 0. The van der Waals surface area contributed by atoms with Crippen LogP contribution >= 0.6 is 0 Å². The van der Waals surface area contributed by atoms with Crippen molar-refractivity contribution in [1.29, 1.82) is 0 Å². The van der Waals surface area contributed by atoms with E-state index in [1.54, 1.807) is 23.0 Å². The van der Waals surface area contributed by atoms with Gasteiger partial charge in [0.05, 0.1) is 23.7 Å². The van der Waals surface area contributed by atoms with Gasteiger partial charge in [0.2, 0.25) is 0 Å². The number of nitro benzene ring substituents is 1. The Bertz CT molecular complexity index is 672. The van der Waals surface area contributed by atoms with E-state index in [1.165, 1.54) is 12.1 Å². The van der Waals surface area contributed by atoms with Gasteiger partial charge in [-0.15, -0.1) is 4.57 Å². The zero-order chi connectivity index (χ0) is 14.9. The quantitative estimate of drug-likeness (QED) is 0.388. The second-order valence-electron chi connectivity index (χ2n) is 4.66. The summed E-state index contributed by atoms with van der Waals surface area (Å²) >= 11 is 0. The van der Waals surface area contributed by atoms with Crippen LogP contribution < -0.4 is 21.5 Å². The van der Waals surface area contributed by atoms with Crippen LogP contribution in [0.1, 0.15) is 11.1 Å². The van der Waals surface area contributed by atoms with Crippen molar-refractivity contribution in [3.05, 3.63) is 77.0 Å². The SMILES string of the molecule is [Br-].[CH2]c1ccc([N+](=O)[O-])cc1C1([n+]2ccccc2)OCCO1. The summed E-state index contributed by atoms with van der Waals surface area (Å²) in [6.07, 6.45) is 3.59. The molecule has 0 unspecified atom stereocenters. The van der Waals surface area contributed by atoms with Crippen LogP contribution in [-0.2, 0) is 15.4 Å². The third-order valence-electron chi connectivity index (χ3n) is 3.38. The van der Waals surface area contributed by atoms with Gasteiger partial charge >= 0.3 is 5.91 Å². The van der Waals surface area contributed by atoms with E-state index in [9.17, 15) is 10.1 Å². The number of aromatic nitrogens is 1. The summed E-state index contributed by atoms with van der Waals surface area (Å²) < 4.78 is 13.4. The Kier molecular flexibility index (Phi) is 4.90. The van der Waals surface area contributed by atoms with Gasteiger partial charge < -0.3 is 17.0 Å². The first-order valence-corrected chi connectivity index (χ1v) is 6.49. The van der Waals surface area contributed by atoms with E-state index in [0.29, 0.717) is 24.3 Å². The van der Waals surface area contributed by atoms with E-state index in [0.717, 1.165) is 0 Å². The van der Waals surface area contributed by atoms with Gasteiger partial charge in [0.1, 0.15) is 0 Å². The molecule has 2 aromatic rings. The van der Waals surface area contributed by atoms with Gasteiger partial charge in [0.25, 0.3) is 5.69 Å². The number of ether oxygens (including phenoxy) is 2. The Hall–Kier alpha value is -1.83. The van der Waals surface area contributed by atoms with E-state index in [-0.39, 0.29) is 22.7 Å². The predicted molar refractivity (Wildman–Crippen MR) is 73.2 cm³/mol. The Morgan fingerprint density at radius 3 is 2.41 bits per heavy atom. The molecule has 1 aliphatic heterocycles. The molecule has 0 amide bonds. The maximum absolute atomic E-state index is 11.0. The Balaban J connectivity index is 0.00000176. The number of benzene rings is 1. The molecule has 22 heavy (non-hydrogen) atoms. The summed E-state index contributed by atoms with van der Waals surface area (Å²) in [6.45, 7) is 4.75. The van der Waals surface area contributed by atoms with E-state index >= 15 is 0 Å². The first-order valence-electron chi connectivity index (χ1n) is 6.49. The molecule has 1 radical (unpaired) electrons. The molecule has 2 heterocycles. The van der Waals surface area contributed by atoms with Crippen molar-refractivity contribution in [3.8, 4) is 0 Å². The van der Waals surface area contributed by atoms with Crippen molar-refractivity contribution in [1.82, 2.24) is 0 Å². The van der Waals surface area contributed by atoms with Crippen LogP contribution in [0.2, 0.25) is 0 Å². The minimum Gasteiger partial charge on any atom is -1.00 e. The summed E-state index contributed by atoms with van der Waals surface area (Å²) in [5.41, 5.74) is 1.14. The highest BCUT2D eigenvalue weighted by atomic mass is 79.9. The molecule has 0 atom stereocenters. The van der Waals surface area contributed by atoms with Gasteiger partial charge in [-0.25, -0.2) is 0 Å². The van der Waals surface area contributed by atoms with Crippen LogP contribution in [-0.4, -0.2) is 18.1 Å². The van der Waals surface area contributed by atoms with Crippen LogP contribution in [0.15, 0.2) is 48.8 Å². The summed E-state index contributed by atoms with van der Waals surface area (Å²) in [6, 6.07) is 10.0. The minimum atomic E-state index is -1.20. The number of rotatable bonds is 3. The largest absolute Gasteiger partial charge is 1.00 e. The first-order chi connectivity index (χ1) is 10.1. The van der Waals surface area contributed by atoms with Crippen molar-refractivity contribution in [2.24, 2.45) is 0 Å². The second-order valence-corrected chi connectivity index (χ2v) is 4.66. The summed E-state index contributed by atoms with van der Waals surface area (Å²) in [5, 5.41) is 11.0. The molecular weight excluding hydrogens is 352 g/mol. The van der Waals surface area contributed by atoms with Crippen molar-refractivity contribution < 1.29 is 35.9 Å². The van der Waals surface area contributed by atoms with Gasteiger partial charge in [-0.05, 0) is 12.5 Å². The smallest absolute Gasteiger partial charge is 0.420 e. The zero-order valence-corrected chi connectivity index (χ0v) is 13.2. The third kappa shape index (κ3) is 2.75. The summed E-state index contributed by atoms with van der Waals surface area (Å²) in [7, 11) is 0. The third-order valence-corrected chi connectivity index (χ3v) is 3.38. The molecule has 1 fully saturated rings. The average Bonchev–Trinajstić information content (AvgIpc) is 2.99. The van der Waals surface area contributed by atoms with Crippen LogP contribution in [0.25, 0.3) is 0 Å². The number of pyridine rings is 1. The fourth-order valence-electron chi connectivity index (χ4n) is 2.41. The molecule has 6 nitrogen and oxygen atoms in total. The fourth-order valence-corrected chi connectivity index (χ4v) is 2.41. The maximum Gasteiger partial charge on any atom is 0.420 e. The highest BCUT2D eigenvalue weighted by molar-refractivity contribution is 5.42. The molecular formula is C15H14BrN2O4. The van der Waals surface area contributed by atoms with Crippen molar-refractivity contribution >= 4 is 5.69 Å². The van der Waals surface area contributed by atoms with Gasteiger partial charge in [0.15, 0.2) is 12.4 Å². The number of nitrogens with zero attached hydrogens (tertiary/aromatic N) is 2. The summed E-state index contributed by atoms with van der Waals surface area (Å²) in [5.74, 6) is -1.20. The first kappa shape index (κ1) is 16.5. The standard InChI is InChI=1S/C15H14N2O4.BrH/c1-12-5-6-13(17(18)19)11-14(12)15(20-9-10-21-15)16-7-3-2-4-8-16;/h2-8,11H,1,9-10H2;1H/q+1;/p-1. The van der Waals surface area contributed by atoms with Crippen molar-refractivity contribution in [2.75, 3.05) is 13.2 Å². The number of non-ortho nitro benzene ring substituents is 1. The topological polar surface area (TPSA) is 65.5 Å². The Morgan fingerprint density at radius 2 is 1.82 bits per heavy atom. The van der Waals surface area contributed by atoms with Crippen molar-refractivity contribution in [2.45, 2.75) is 5.91 Å². The lowest BCUT2D eigenvalue weighted by atomic mass is 10.0. The lowest BCUT2D eigenvalue weighted by Crippen LogP contribution is -3.00. The molecule has 1 aromatic carbocycles. The fraction of sp³-hybridized carbons (Fsp3) is 0.200. The average molecular weight is 366 g/mol. The Labute approximate surface area is 138 Å². The molecule has 1 saturated heterocycles. The molecule has 0 N–H and O–H groups in total. The van der Waals surface area contributed by atoms with Gasteiger partial charge in [-0.2, -0.15) is 0 Å². The molecule has 0 saturated carbocycles. The number of nitro groups is 1. The van der Waals surface area contributed by atoms with E-state index in [2.05, 4.69) is 6.92 Å². The minimum absolute atomic E-state index is 0. The van der Waals surface area contributed by atoms with E-state index < -0.39 is 10.8 Å². The maximum atomic E-state index is 11.0. The number of halogens is 1. The molecule has 0 aliphatic carbocycles. The second kappa shape index (κ2) is 6.51. The van der Waals surface area contributed by atoms with E-state index in [4.69, 9.17) is 9.47 Å². The normalized spacial score (nSPS) is 16.0. The molecule has 0 spiro atoms. The van der Waals surface area contributed by atoms with Crippen molar-refractivity contribution in [3.63, 3.8) is 0 Å². The molecule has 115 valence electrons. The van der Waals surface area contributed by atoms with Crippen LogP contribution in [0.4, 0.5) is 5.69 Å². The predicted octanol–water partition coefficient (Wildman–Crippen LogP) is -1.23. The zero-order valence-electron chi connectivity index (χ0n) is 11.6. The molecule has 3 rings (SSSR count). The lowest BCUT2D eigenvalue weighted by molar-refractivity contribution is -0.834. The highest BCUT2D eigenvalue weighted by Gasteiger charge is 2.50. The van der Waals surface area contributed by atoms with Gasteiger partial charge in [-0.3, -0.25) is 19.6 Å². The van der Waals surface area contributed by atoms with Crippen LogP contribution in [0, 0.1) is 17.0 Å². The summed E-state index contributed by atoms with van der Waals surface area (Å²) in [4.78, 5) is 10.6. The highest BCUT2D eigenvalue weighted by Crippen LogP contribution is 2.32. The van der Waals surface area contributed by atoms with Crippen LogP contribution in [0.5, 0.6) is 0 Å². The monoisotopic (exact) mass is 365 g/mol. The molecule has 7 heteroatoms. The van der Waals surface area contributed by atoms with E-state index in [1.807, 2.05) is 18.2 Å². The van der Waals surface area contributed by atoms with Crippen LogP contribution in [0.3, 0.4) is 0 Å². The van der Waals surface area contributed by atoms with Gasteiger partial charge in [-0.1, -0.05) is 12.1 Å². The molecule has 0 bridgehead atoms. The number of hydrogen-bond acceptors (Lipinski definition) is 4.